The van der Waals surface area contributed by atoms with Crippen molar-refractivity contribution in [2.75, 3.05) is 20.3 Å². The Hall–Kier alpha value is -3.31. The maximum absolute atomic E-state index is 11.9. The molecular weight excluding hydrogens is 514 g/mol. The van der Waals surface area contributed by atoms with Crippen molar-refractivity contribution in [3.8, 4) is 34.5 Å². The zero-order valence-corrected chi connectivity index (χ0v) is 25.6. The molecule has 0 aromatic carbocycles. The Kier molecular flexibility index (Phi) is 9.84. The van der Waals surface area contributed by atoms with Crippen LogP contribution in [0.3, 0.4) is 0 Å². The minimum Gasteiger partial charge on any atom is -0.476 e. The van der Waals surface area contributed by atoms with Crippen LogP contribution in [0.1, 0.15) is 33.3 Å². The lowest BCUT2D eigenvalue weighted by atomic mass is 9.95. The fourth-order valence-electron chi connectivity index (χ4n) is 3.51. The van der Waals surface area contributed by atoms with Crippen LogP contribution in [0, 0.1) is 12.3 Å². The average Bonchev–Trinajstić information content (AvgIpc) is 3.26. The lowest BCUT2D eigenvalue weighted by Crippen LogP contribution is -2.32. The number of rotatable bonds is 13. The highest BCUT2D eigenvalue weighted by Gasteiger charge is 2.30. The van der Waals surface area contributed by atoms with E-state index in [4.69, 9.17) is 18.9 Å². The van der Waals surface area contributed by atoms with Gasteiger partial charge in [-0.3, -0.25) is 9.78 Å². The molecule has 0 bridgehead atoms. The second-order valence-electron chi connectivity index (χ2n) is 11.7. The lowest BCUT2D eigenvalue weighted by Gasteiger charge is -2.21. The van der Waals surface area contributed by atoms with Crippen LogP contribution < -0.4 is 9.47 Å². The number of ether oxygens (including phenoxy) is 4. The van der Waals surface area contributed by atoms with Crippen LogP contribution in [0.5, 0.6) is 11.9 Å². The van der Waals surface area contributed by atoms with E-state index in [0.29, 0.717) is 24.3 Å². The number of hydrogen-bond acceptors (Lipinski definition) is 9. The van der Waals surface area contributed by atoms with E-state index in [1.165, 1.54) is 7.11 Å². The summed E-state index contributed by atoms with van der Waals surface area (Å²) in [6.07, 6.45) is 3.41. The molecular formula is C28H41N5O5Si. The van der Waals surface area contributed by atoms with Crippen molar-refractivity contribution in [1.29, 1.82) is 0 Å². The molecule has 0 radical (unpaired) electrons. The molecule has 3 rings (SSSR count). The van der Waals surface area contributed by atoms with E-state index in [1.54, 1.807) is 30.9 Å². The summed E-state index contributed by atoms with van der Waals surface area (Å²) >= 11 is 0. The summed E-state index contributed by atoms with van der Waals surface area (Å²) in [7, 11) is 0.186. The van der Waals surface area contributed by atoms with Crippen molar-refractivity contribution in [3.63, 3.8) is 0 Å². The predicted molar refractivity (Wildman–Crippen MR) is 152 cm³/mol. The molecule has 0 saturated carbocycles. The highest BCUT2D eigenvalue weighted by Crippen LogP contribution is 2.27. The number of aromatic nitrogens is 5. The summed E-state index contributed by atoms with van der Waals surface area (Å²) in [5, 5.41) is 4.62. The molecule has 212 valence electrons. The SMILES string of the molecule is COC(=O)C(C)(C)COc1cc(C)c(-c2ccc(-c3nc(OC(C)C)n(COCC[Si](C)(C)C)n3)cn2)cn1. The highest BCUT2D eigenvalue weighted by atomic mass is 28.3. The smallest absolute Gasteiger partial charge is 0.317 e. The molecule has 0 atom stereocenters. The summed E-state index contributed by atoms with van der Waals surface area (Å²) in [5.74, 6) is 0.617. The van der Waals surface area contributed by atoms with Crippen molar-refractivity contribution >= 4 is 14.0 Å². The Labute approximate surface area is 232 Å². The first-order chi connectivity index (χ1) is 18.3. The number of carbonyl (C=O) groups is 1. The van der Waals surface area contributed by atoms with Crippen LogP contribution in [-0.4, -0.2) is 65.2 Å². The summed E-state index contributed by atoms with van der Waals surface area (Å²) in [6.45, 7) is 17.5. The molecule has 0 spiro atoms. The van der Waals surface area contributed by atoms with Crippen molar-refractivity contribution in [2.45, 2.75) is 73.1 Å². The second kappa shape index (κ2) is 12.7. The van der Waals surface area contributed by atoms with Gasteiger partial charge in [-0.05, 0) is 58.4 Å². The van der Waals surface area contributed by atoms with Crippen LogP contribution in [-0.2, 0) is 21.0 Å². The predicted octanol–water partition coefficient (Wildman–Crippen LogP) is 5.39. The van der Waals surface area contributed by atoms with Gasteiger partial charge in [-0.25, -0.2) is 4.98 Å². The average molecular weight is 556 g/mol. The molecule has 0 unspecified atom stereocenters. The van der Waals surface area contributed by atoms with Gasteiger partial charge in [0.1, 0.15) is 13.3 Å². The third kappa shape index (κ3) is 8.59. The zero-order valence-electron chi connectivity index (χ0n) is 24.6. The fourth-order valence-corrected chi connectivity index (χ4v) is 4.27. The Morgan fingerprint density at radius 2 is 1.87 bits per heavy atom. The molecule has 3 aromatic heterocycles. The Morgan fingerprint density at radius 1 is 1.13 bits per heavy atom. The first kappa shape index (κ1) is 30.2. The number of methoxy groups -OCH3 is 1. The van der Waals surface area contributed by atoms with Crippen molar-refractivity contribution < 1.29 is 23.7 Å². The van der Waals surface area contributed by atoms with Crippen LogP contribution in [0.4, 0.5) is 0 Å². The van der Waals surface area contributed by atoms with Crippen LogP contribution in [0.2, 0.25) is 25.7 Å². The second-order valence-corrected chi connectivity index (χ2v) is 17.3. The fraction of sp³-hybridized carbons (Fsp3) is 0.536. The molecule has 11 heteroatoms. The third-order valence-electron chi connectivity index (χ3n) is 5.89. The molecule has 0 fully saturated rings. The third-order valence-corrected chi connectivity index (χ3v) is 7.60. The van der Waals surface area contributed by atoms with Crippen LogP contribution in [0.15, 0.2) is 30.6 Å². The Bertz CT molecular complexity index is 1250. The first-order valence-electron chi connectivity index (χ1n) is 13.1. The molecule has 0 aliphatic heterocycles. The molecule has 39 heavy (non-hydrogen) atoms. The van der Waals surface area contributed by atoms with Crippen molar-refractivity contribution in [3.05, 3.63) is 36.2 Å². The number of nitrogens with zero attached hydrogens (tertiary/aromatic N) is 5. The van der Waals surface area contributed by atoms with Gasteiger partial charge in [-0.1, -0.05) is 19.6 Å². The molecule has 0 N–H and O–H groups in total. The largest absolute Gasteiger partial charge is 0.476 e. The Balaban J connectivity index is 1.73. The summed E-state index contributed by atoms with van der Waals surface area (Å²) < 4.78 is 24.0. The minimum absolute atomic E-state index is 0.0442. The number of esters is 1. The standard InChI is InChI=1S/C28H41N5O5Si/c1-19(2)38-27-31-25(32-33(27)18-36-12-13-39(7,8)9)21-10-11-23(29-15-21)22-16-30-24(14-20(22)3)37-17-28(4,5)26(34)35-6/h10-11,14-16,19H,12-13,17-18H2,1-9H3. The van der Waals surface area contributed by atoms with Crippen molar-refractivity contribution in [2.24, 2.45) is 5.41 Å². The van der Waals surface area contributed by atoms with Gasteiger partial charge in [0.2, 0.25) is 5.88 Å². The van der Waals surface area contributed by atoms with Gasteiger partial charge in [0.05, 0.1) is 24.3 Å². The lowest BCUT2D eigenvalue weighted by molar-refractivity contribution is -0.152. The van der Waals surface area contributed by atoms with Crippen LogP contribution >= 0.6 is 0 Å². The van der Waals surface area contributed by atoms with Gasteiger partial charge in [0.15, 0.2) is 5.82 Å². The monoisotopic (exact) mass is 555 g/mol. The molecule has 3 aromatic rings. The number of hydrogen-bond donors (Lipinski definition) is 0. The zero-order chi connectivity index (χ0) is 28.8. The van der Waals surface area contributed by atoms with Crippen LogP contribution in [0.25, 0.3) is 22.6 Å². The van der Waals surface area contributed by atoms with Gasteiger partial charge in [0.25, 0.3) is 0 Å². The van der Waals surface area contributed by atoms with Gasteiger partial charge in [-0.2, -0.15) is 9.67 Å². The molecule has 0 amide bonds. The summed E-state index contributed by atoms with van der Waals surface area (Å²) in [4.78, 5) is 25.5. The number of aryl methyl sites for hydroxylation is 1. The summed E-state index contributed by atoms with van der Waals surface area (Å²) in [5.41, 5.74) is 2.57. The van der Waals surface area contributed by atoms with E-state index >= 15 is 0 Å². The van der Waals surface area contributed by atoms with E-state index in [0.717, 1.165) is 28.4 Å². The quantitative estimate of drug-likeness (QED) is 0.156. The molecule has 0 aliphatic carbocycles. The molecule has 3 heterocycles. The molecule has 0 saturated heterocycles. The highest BCUT2D eigenvalue weighted by molar-refractivity contribution is 6.76. The molecule has 10 nitrogen and oxygen atoms in total. The number of pyridine rings is 2. The minimum atomic E-state index is -1.18. The number of carbonyl (C=O) groups excluding carboxylic acids is 1. The van der Waals surface area contributed by atoms with Crippen molar-refractivity contribution in [1.82, 2.24) is 24.7 Å². The van der Waals surface area contributed by atoms with E-state index < -0.39 is 13.5 Å². The first-order valence-corrected chi connectivity index (χ1v) is 16.8. The topological polar surface area (TPSA) is 110 Å². The van der Waals surface area contributed by atoms with Gasteiger partial charge in [-0.15, -0.1) is 5.10 Å². The van der Waals surface area contributed by atoms with E-state index in [-0.39, 0.29) is 25.4 Å². The van der Waals surface area contributed by atoms with Gasteiger partial charge < -0.3 is 18.9 Å². The van der Waals surface area contributed by atoms with E-state index in [1.807, 2.05) is 39.0 Å². The van der Waals surface area contributed by atoms with Gasteiger partial charge >= 0.3 is 12.0 Å². The summed E-state index contributed by atoms with van der Waals surface area (Å²) in [6, 6.07) is 7.17. The normalized spacial score (nSPS) is 12.1. The molecule has 0 aliphatic rings. The maximum atomic E-state index is 11.9. The van der Waals surface area contributed by atoms with E-state index in [9.17, 15) is 4.79 Å². The Morgan fingerprint density at radius 3 is 2.46 bits per heavy atom. The maximum Gasteiger partial charge on any atom is 0.317 e. The van der Waals surface area contributed by atoms with Gasteiger partial charge in [0, 0.05) is 44.3 Å². The van der Waals surface area contributed by atoms with E-state index in [2.05, 4.69) is 39.7 Å².